The number of aromatic nitrogens is 3. The molecule has 0 aliphatic rings. The van der Waals surface area contributed by atoms with Crippen molar-refractivity contribution in [3.8, 4) is 0 Å². The van der Waals surface area contributed by atoms with Gasteiger partial charge in [0.25, 0.3) is 0 Å². The summed E-state index contributed by atoms with van der Waals surface area (Å²) in [7, 11) is 1.87. The summed E-state index contributed by atoms with van der Waals surface area (Å²) in [5.74, 6) is 0.107. The second-order valence-electron chi connectivity index (χ2n) is 4.67. The zero-order valence-corrected chi connectivity index (χ0v) is 13.6. The van der Waals surface area contributed by atoms with Gasteiger partial charge in [-0.2, -0.15) is 5.10 Å². The molecule has 0 aliphatic heterocycles. The fourth-order valence-corrected chi connectivity index (χ4v) is 3.00. The van der Waals surface area contributed by atoms with E-state index in [-0.39, 0.29) is 5.78 Å². The van der Waals surface area contributed by atoms with Crippen LogP contribution in [0.2, 0.25) is 0 Å². The van der Waals surface area contributed by atoms with Gasteiger partial charge in [-0.3, -0.25) is 14.5 Å². The third-order valence-electron chi connectivity index (χ3n) is 3.42. The van der Waals surface area contributed by atoms with Crippen molar-refractivity contribution in [3.63, 3.8) is 0 Å². The first-order valence-corrected chi connectivity index (χ1v) is 7.54. The second-order valence-corrected chi connectivity index (χ2v) is 5.46. The average molecular weight is 336 g/mol. The van der Waals surface area contributed by atoms with Crippen LogP contribution in [-0.2, 0) is 26.3 Å². The topological polar surface area (TPSA) is 47.8 Å². The monoisotopic (exact) mass is 335 g/mol. The van der Waals surface area contributed by atoms with E-state index in [1.807, 2.05) is 14.0 Å². The standard InChI is InChI=1S/C15H18BrN3O/c1-4-10-9-17-7-6-11(10)14(20)8-13-15(16)12(5-2)18-19(13)3/h6-7,9H,4-5,8H2,1-3H3. The lowest BCUT2D eigenvalue weighted by atomic mass is 10.0. The number of hydrogen-bond acceptors (Lipinski definition) is 3. The van der Waals surface area contributed by atoms with Crippen molar-refractivity contribution in [1.29, 1.82) is 0 Å². The lowest BCUT2D eigenvalue weighted by Crippen LogP contribution is -2.10. The largest absolute Gasteiger partial charge is 0.294 e. The Labute approximate surface area is 127 Å². The highest BCUT2D eigenvalue weighted by molar-refractivity contribution is 9.10. The predicted octanol–water partition coefficient (Wildman–Crippen LogP) is 3.13. The van der Waals surface area contributed by atoms with Crippen molar-refractivity contribution in [2.45, 2.75) is 33.1 Å². The van der Waals surface area contributed by atoms with Crippen LogP contribution in [0.5, 0.6) is 0 Å². The van der Waals surface area contributed by atoms with Gasteiger partial charge in [0.2, 0.25) is 0 Å². The molecule has 4 nitrogen and oxygen atoms in total. The molecule has 0 amide bonds. The zero-order chi connectivity index (χ0) is 14.7. The van der Waals surface area contributed by atoms with Crippen LogP contribution in [0.4, 0.5) is 0 Å². The third kappa shape index (κ3) is 2.82. The van der Waals surface area contributed by atoms with Crippen LogP contribution in [-0.4, -0.2) is 20.5 Å². The molecule has 0 saturated heterocycles. The van der Waals surface area contributed by atoms with E-state index in [0.29, 0.717) is 6.42 Å². The lowest BCUT2D eigenvalue weighted by Gasteiger charge is -2.07. The number of aryl methyl sites for hydroxylation is 3. The minimum absolute atomic E-state index is 0.107. The molecule has 106 valence electrons. The van der Waals surface area contributed by atoms with E-state index in [0.717, 1.165) is 39.8 Å². The third-order valence-corrected chi connectivity index (χ3v) is 4.33. The first-order valence-electron chi connectivity index (χ1n) is 6.74. The Morgan fingerprint density at radius 2 is 2.10 bits per heavy atom. The van der Waals surface area contributed by atoms with Crippen LogP contribution >= 0.6 is 15.9 Å². The molecular weight excluding hydrogens is 318 g/mol. The Bertz CT molecular complexity index is 634. The van der Waals surface area contributed by atoms with Crippen LogP contribution < -0.4 is 0 Å². The van der Waals surface area contributed by atoms with Crippen LogP contribution in [0.15, 0.2) is 22.9 Å². The van der Waals surface area contributed by atoms with Gasteiger partial charge in [0.1, 0.15) is 0 Å². The van der Waals surface area contributed by atoms with E-state index >= 15 is 0 Å². The summed E-state index contributed by atoms with van der Waals surface area (Å²) in [6.07, 6.45) is 5.44. The minimum atomic E-state index is 0.107. The van der Waals surface area contributed by atoms with Crippen LogP contribution in [0, 0.1) is 0 Å². The average Bonchev–Trinajstić information content (AvgIpc) is 2.74. The molecule has 5 heteroatoms. The summed E-state index contributed by atoms with van der Waals surface area (Å²) in [4.78, 5) is 16.6. The van der Waals surface area contributed by atoms with Gasteiger partial charge in [0.05, 0.1) is 22.3 Å². The summed E-state index contributed by atoms with van der Waals surface area (Å²) >= 11 is 3.55. The Morgan fingerprint density at radius 3 is 2.70 bits per heavy atom. The highest BCUT2D eigenvalue weighted by Gasteiger charge is 2.18. The molecule has 0 unspecified atom stereocenters. The number of pyridine rings is 1. The zero-order valence-electron chi connectivity index (χ0n) is 12.0. The molecular formula is C15H18BrN3O. The van der Waals surface area contributed by atoms with Gasteiger partial charge < -0.3 is 0 Å². The molecule has 0 N–H and O–H groups in total. The van der Waals surface area contributed by atoms with Gasteiger partial charge in [-0.25, -0.2) is 0 Å². The smallest absolute Gasteiger partial charge is 0.169 e. The molecule has 0 aromatic carbocycles. The highest BCUT2D eigenvalue weighted by atomic mass is 79.9. The number of nitrogens with zero attached hydrogens (tertiary/aromatic N) is 3. The van der Waals surface area contributed by atoms with Crippen molar-refractivity contribution in [2.75, 3.05) is 0 Å². The van der Waals surface area contributed by atoms with E-state index in [4.69, 9.17) is 0 Å². The molecule has 0 spiro atoms. The Morgan fingerprint density at radius 1 is 1.35 bits per heavy atom. The van der Waals surface area contributed by atoms with Gasteiger partial charge in [0, 0.05) is 25.0 Å². The number of ketones is 1. The van der Waals surface area contributed by atoms with E-state index < -0.39 is 0 Å². The normalized spacial score (nSPS) is 10.8. The number of carbonyl (C=O) groups is 1. The Hall–Kier alpha value is -1.49. The molecule has 0 bridgehead atoms. The number of halogens is 1. The van der Waals surface area contributed by atoms with Crippen molar-refractivity contribution < 1.29 is 4.79 Å². The van der Waals surface area contributed by atoms with Crippen LogP contribution in [0.3, 0.4) is 0 Å². The van der Waals surface area contributed by atoms with E-state index in [9.17, 15) is 4.79 Å². The molecule has 0 radical (unpaired) electrons. The van der Waals surface area contributed by atoms with Crippen molar-refractivity contribution in [3.05, 3.63) is 45.4 Å². The summed E-state index contributed by atoms with van der Waals surface area (Å²) in [6.45, 7) is 4.08. The number of carbonyl (C=O) groups excluding carboxylic acids is 1. The van der Waals surface area contributed by atoms with Gasteiger partial charge in [0.15, 0.2) is 5.78 Å². The summed E-state index contributed by atoms with van der Waals surface area (Å²) in [6, 6.07) is 1.80. The van der Waals surface area contributed by atoms with Crippen LogP contribution in [0.1, 0.15) is 41.2 Å². The maximum Gasteiger partial charge on any atom is 0.169 e. The van der Waals surface area contributed by atoms with Gasteiger partial charge in [-0.15, -0.1) is 0 Å². The van der Waals surface area contributed by atoms with E-state index in [1.54, 1.807) is 23.1 Å². The maximum absolute atomic E-state index is 12.5. The predicted molar refractivity (Wildman–Crippen MR) is 81.9 cm³/mol. The first kappa shape index (κ1) is 14.9. The fraction of sp³-hybridized carbons (Fsp3) is 0.400. The van der Waals surface area contributed by atoms with Crippen LogP contribution in [0.25, 0.3) is 0 Å². The molecule has 20 heavy (non-hydrogen) atoms. The number of Topliss-reactive ketones (excluding diaryl/α,β-unsaturated/α-hetero) is 1. The van der Waals surface area contributed by atoms with Gasteiger partial charge in [-0.05, 0) is 40.4 Å². The first-order chi connectivity index (χ1) is 9.58. The maximum atomic E-state index is 12.5. The summed E-state index contributed by atoms with van der Waals surface area (Å²) < 4.78 is 2.73. The molecule has 2 aromatic heterocycles. The molecule has 0 saturated carbocycles. The second kappa shape index (κ2) is 6.31. The van der Waals surface area contributed by atoms with E-state index in [2.05, 4.69) is 32.9 Å². The fourth-order valence-electron chi connectivity index (χ4n) is 2.24. The van der Waals surface area contributed by atoms with Gasteiger partial charge in [-0.1, -0.05) is 13.8 Å². The molecule has 0 atom stereocenters. The molecule has 0 fully saturated rings. The minimum Gasteiger partial charge on any atom is -0.294 e. The summed E-state index contributed by atoms with van der Waals surface area (Å²) in [5, 5.41) is 4.42. The lowest BCUT2D eigenvalue weighted by molar-refractivity contribution is 0.0989. The molecule has 2 aromatic rings. The summed E-state index contributed by atoms with van der Waals surface area (Å²) in [5.41, 5.74) is 3.66. The quantitative estimate of drug-likeness (QED) is 0.788. The Balaban J connectivity index is 2.30. The highest BCUT2D eigenvalue weighted by Crippen LogP contribution is 2.23. The molecule has 0 aliphatic carbocycles. The number of rotatable bonds is 5. The van der Waals surface area contributed by atoms with Crippen molar-refractivity contribution in [2.24, 2.45) is 7.05 Å². The van der Waals surface area contributed by atoms with E-state index in [1.165, 1.54) is 0 Å². The molecule has 2 rings (SSSR count). The number of hydrogen-bond donors (Lipinski definition) is 0. The molecule has 2 heterocycles. The van der Waals surface area contributed by atoms with Crippen molar-refractivity contribution in [1.82, 2.24) is 14.8 Å². The Kier molecular flexibility index (Phi) is 4.70. The SMILES string of the molecule is CCc1cnccc1C(=O)Cc1c(Br)c(CC)nn1C. The van der Waals surface area contributed by atoms with Gasteiger partial charge >= 0.3 is 0 Å². The van der Waals surface area contributed by atoms with Crippen molar-refractivity contribution >= 4 is 21.7 Å².